The maximum absolute atomic E-state index is 12.2. The van der Waals surface area contributed by atoms with Crippen molar-refractivity contribution in [3.05, 3.63) is 12.4 Å². The average molecular weight is 348 g/mol. The van der Waals surface area contributed by atoms with E-state index in [-0.39, 0.29) is 12.2 Å². The van der Waals surface area contributed by atoms with Crippen molar-refractivity contribution < 1.29 is 14.3 Å². The first-order chi connectivity index (χ1) is 11.7. The maximum atomic E-state index is 12.2. The van der Waals surface area contributed by atoms with E-state index in [0.717, 1.165) is 32.1 Å². The number of carbonyl (C=O) groups excluding carboxylic acids is 1. The zero-order chi connectivity index (χ0) is 18.2. The standard InChI is InChI=1S/C18H28N4O3/c1-12(2)24-15-6-19-16(20-7-15)21-8-13-10-22(11-14(13)9-21)17(23)25-18(3,4)5/h6-7,12-14H,8-11H2,1-5H3/t13-,14-/m1/s1. The second kappa shape index (κ2) is 6.69. The van der Waals surface area contributed by atoms with Crippen LogP contribution >= 0.6 is 0 Å². The largest absolute Gasteiger partial charge is 0.488 e. The number of anilines is 1. The summed E-state index contributed by atoms with van der Waals surface area (Å²) in [5, 5.41) is 0. The predicted molar refractivity (Wildman–Crippen MR) is 94.8 cm³/mol. The van der Waals surface area contributed by atoms with E-state index >= 15 is 0 Å². The van der Waals surface area contributed by atoms with Gasteiger partial charge in [-0.05, 0) is 34.6 Å². The summed E-state index contributed by atoms with van der Waals surface area (Å²) < 4.78 is 11.1. The van der Waals surface area contributed by atoms with Gasteiger partial charge >= 0.3 is 6.09 Å². The van der Waals surface area contributed by atoms with Gasteiger partial charge < -0.3 is 19.3 Å². The minimum atomic E-state index is -0.450. The number of hydrogen-bond acceptors (Lipinski definition) is 6. The van der Waals surface area contributed by atoms with Crippen molar-refractivity contribution in [3.63, 3.8) is 0 Å². The van der Waals surface area contributed by atoms with Gasteiger partial charge in [-0.3, -0.25) is 0 Å². The minimum Gasteiger partial charge on any atom is -0.488 e. The molecule has 2 saturated heterocycles. The zero-order valence-corrected chi connectivity index (χ0v) is 15.7. The van der Waals surface area contributed by atoms with E-state index in [9.17, 15) is 4.79 Å². The summed E-state index contributed by atoms with van der Waals surface area (Å²) in [6.45, 7) is 12.9. The molecule has 25 heavy (non-hydrogen) atoms. The Labute approximate surface area is 149 Å². The van der Waals surface area contributed by atoms with Gasteiger partial charge in [0.05, 0.1) is 18.5 Å². The molecule has 0 unspecified atom stereocenters. The van der Waals surface area contributed by atoms with Crippen LogP contribution in [-0.2, 0) is 4.74 Å². The lowest BCUT2D eigenvalue weighted by Crippen LogP contribution is -2.37. The van der Waals surface area contributed by atoms with Crippen molar-refractivity contribution in [1.82, 2.24) is 14.9 Å². The predicted octanol–water partition coefficient (Wildman–Crippen LogP) is 2.57. The second-order valence-corrected chi connectivity index (χ2v) is 8.20. The number of hydrogen-bond donors (Lipinski definition) is 0. The minimum absolute atomic E-state index is 0.111. The Morgan fingerprint density at radius 3 is 2.16 bits per heavy atom. The molecule has 7 nitrogen and oxygen atoms in total. The molecule has 1 aromatic heterocycles. The Balaban J connectivity index is 1.55. The third-order valence-corrected chi connectivity index (χ3v) is 4.41. The highest BCUT2D eigenvalue weighted by molar-refractivity contribution is 5.68. The van der Waals surface area contributed by atoms with Gasteiger partial charge in [0.25, 0.3) is 0 Å². The normalized spacial score (nSPS) is 23.1. The van der Waals surface area contributed by atoms with Crippen molar-refractivity contribution in [3.8, 4) is 5.75 Å². The first-order valence-corrected chi connectivity index (χ1v) is 8.93. The van der Waals surface area contributed by atoms with Crippen LogP contribution in [0.2, 0.25) is 0 Å². The van der Waals surface area contributed by atoms with E-state index in [4.69, 9.17) is 9.47 Å². The molecule has 0 radical (unpaired) electrons. The monoisotopic (exact) mass is 348 g/mol. The SMILES string of the molecule is CC(C)Oc1cnc(N2C[C@@H]3CN(C(=O)OC(C)(C)C)C[C@H]3C2)nc1. The lowest BCUT2D eigenvalue weighted by molar-refractivity contribution is 0.0282. The van der Waals surface area contributed by atoms with E-state index < -0.39 is 5.60 Å². The first-order valence-electron chi connectivity index (χ1n) is 8.93. The summed E-state index contributed by atoms with van der Waals surface area (Å²) in [5.74, 6) is 2.31. The number of ether oxygens (including phenoxy) is 2. The van der Waals surface area contributed by atoms with Gasteiger partial charge in [-0.1, -0.05) is 0 Å². The van der Waals surface area contributed by atoms with Gasteiger partial charge in [0, 0.05) is 38.0 Å². The van der Waals surface area contributed by atoms with Gasteiger partial charge in [-0.2, -0.15) is 0 Å². The van der Waals surface area contributed by atoms with Crippen LogP contribution in [0.3, 0.4) is 0 Å². The molecule has 0 bridgehead atoms. The summed E-state index contributed by atoms with van der Waals surface area (Å²) in [7, 11) is 0. The van der Waals surface area contributed by atoms with Crippen LogP contribution < -0.4 is 9.64 Å². The average Bonchev–Trinajstić information content (AvgIpc) is 3.04. The van der Waals surface area contributed by atoms with E-state index in [1.54, 1.807) is 12.4 Å². The summed E-state index contributed by atoms with van der Waals surface area (Å²) in [4.78, 5) is 25.1. The molecule has 0 aliphatic carbocycles. The van der Waals surface area contributed by atoms with Gasteiger partial charge in [-0.25, -0.2) is 14.8 Å². The molecular weight excluding hydrogens is 320 g/mol. The molecule has 2 fully saturated rings. The Hall–Kier alpha value is -2.05. The summed E-state index contributed by atoms with van der Waals surface area (Å²) in [5.41, 5.74) is -0.450. The van der Waals surface area contributed by atoms with Gasteiger partial charge in [0.1, 0.15) is 5.60 Å². The lowest BCUT2D eigenvalue weighted by atomic mass is 10.0. The topological polar surface area (TPSA) is 67.8 Å². The molecule has 0 aromatic carbocycles. The molecule has 0 saturated carbocycles. The van der Waals surface area contributed by atoms with Crippen LogP contribution in [-0.4, -0.2) is 58.8 Å². The number of fused-ring (bicyclic) bond motifs is 1. The fourth-order valence-corrected chi connectivity index (χ4v) is 3.44. The number of likely N-dealkylation sites (tertiary alicyclic amines) is 1. The van der Waals surface area contributed by atoms with Gasteiger partial charge in [-0.15, -0.1) is 0 Å². The van der Waals surface area contributed by atoms with E-state index in [2.05, 4.69) is 14.9 Å². The van der Waals surface area contributed by atoms with Crippen molar-refractivity contribution >= 4 is 12.0 Å². The third kappa shape index (κ3) is 4.32. The van der Waals surface area contributed by atoms with Crippen molar-refractivity contribution in [2.24, 2.45) is 11.8 Å². The number of nitrogens with zero attached hydrogens (tertiary/aromatic N) is 4. The van der Waals surface area contributed by atoms with Crippen molar-refractivity contribution in [1.29, 1.82) is 0 Å². The second-order valence-electron chi connectivity index (χ2n) is 8.20. The molecule has 0 N–H and O–H groups in total. The maximum Gasteiger partial charge on any atom is 0.410 e. The summed E-state index contributed by atoms with van der Waals surface area (Å²) in [6.07, 6.45) is 3.35. The quantitative estimate of drug-likeness (QED) is 0.836. The van der Waals surface area contributed by atoms with Gasteiger partial charge in [0.15, 0.2) is 5.75 Å². The Kier molecular flexibility index (Phi) is 4.75. The van der Waals surface area contributed by atoms with Gasteiger partial charge in [0.2, 0.25) is 5.95 Å². The molecule has 3 rings (SSSR count). The highest BCUT2D eigenvalue weighted by atomic mass is 16.6. The molecule has 2 aliphatic heterocycles. The van der Waals surface area contributed by atoms with E-state index in [1.165, 1.54) is 0 Å². The molecule has 2 aliphatic rings. The van der Waals surface area contributed by atoms with Crippen LogP contribution in [0.25, 0.3) is 0 Å². The summed E-state index contributed by atoms with van der Waals surface area (Å²) >= 11 is 0. The third-order valence-electron chi connectivity index (χ3n) is 4.41. The number of rotatable bonds is 3. The smallest absolute Gasteiger partial charge is 0.410 e. The highest BCUT2D eigenvalue weighted by Gasteiger charge is 2.43. The van der Waals surface area contributed by atoms with Crippen LogP contribution in [0.5, 0.6) is 5.75 Å². The number of amides is 1. The lowest BCUT2D eigenvalue weighted by Gasteiger charge is -2.26. The number of aromatic nitrogens is 2. The van der Waals surface area contributed by atoms with Crippen LogP contribution in [0, 0.1) is 11.8 Å². The van der Waals surface area contributed by atoms with Crippen LogP contribution in [0.1, 0.15) is 34.6 Å². The molecule has 1 aromatic rings. The van der Waals surface area contributed by atoms with E-state index in [0.29, 0.717) is 17.6 Å². The van der Waals surface area contributed by atoms with Crippen molar-refractivity contribution in [2.75, 3.05) is 31.1 Å². The molecular formula is C18H28N4O3. The Morgan fingerprint density at radius 1 is 1.12 bits per heavy atom. The fourth-order valence-electron chi connectivity index (χ4n) is 3.44. The first kappa shape index (κ1) is 17.8. The van der Waals surface area contributed by atoms with Crippen LogP contribution in [0.15, 0.2) is 12.4 Å². The number of carbonyl (C=O) groups is 1. The van der Waals surface area contributed by atoms with Crippen molar-refractivity contribution in [2.45, 2.75) is 46.3 Å². The summed E-state index contributed by atoms with van der Waals surface area (Å²) in [6, 6.07) is 0. The molecule has 3 heterocycles. The van der Waals surface area contributed by atoms with E-state index in [1.807, 2.05) is 39.5 Å². The molecule has 138 valence electrons. The Bertz CT molecular complexity index is 598. The zero-order valence-electron chi connectivity index (χ0n) is 15.7. The molecule has 0 spiro atoms. The highest BCUT2D eigenvalue weighted by Crippen LogP contribution is 2.33. The Morgan fingerprint density at radius 2 is 1.68 bits per heavy atom. The van der Waals surface area contributed by atoms with Crippen LogP contribution in [0.4, 0.5) is 10.7 Å². The molecule has 2 atom stereocenters. The molecule has 7 heteroatoms. The fraction of sp³-hybridized carbons (Fsp3) is 0.722. The molecule has 1 amide bonds.